The molecule has 0 N–H and O–H groups in total. The Labute approximate surface area is 132 Å². The third-order valence-electron chi connectivity index (χ3n) is 6.74. The van der Waals surface area contributed by atoms with Crippen molar-refractivity contribution in [3.8, 4) is 0 Å². The summed E-state index contributed by atoms with van der Waals surface area (Å²) < 4.78 is 0. The zero-order valence-electron chi connectivity index (χ0n) is 14.0. The quantitative estimate of drug-likeness (QED) is 0.850. The molecule has 2 fully saturated rings. The number of para-hydroxylation sites is 1. The third kappa shape index (κ3) is 1.62. The van der Waals surface area contributed by atoms with Crippen molar-refractivity contribution in [3.63, 3.8) is 0 Å². The van der Waals surface area contributed by atoms with Crippen LogP contribution in [0.1, 0.15) is 47.0 Å². The maximum atomic E-state index is 13.4. The first-order chi connectivity index (χ1) is 10.3. The molecule has 0 saturated heterocycles. The molecule has 2 bridgehead atoms. The van der Waals surface area contributed by atoms with Crippen LogP contribution < -0.4 is 4.90 Å². The normalized spacial score (nSPS) is 32.3. The molecule has 2 atom stereocenters. The Bertz CT molecular complexity index is 622. The summed E-state index contributed by atoms with van der Waals surface area (Å²) in [6, 6.07) is 9.79. The van der Waals surface area contributed by atoms with E-state index in [4.69, 9.17) is 0 Å². The van der Waals surface area contributed by atoms with Gasteiger partial charge in [-0.15, -0.1) is 0 Å². The minimum Gasteiger partial charge on any atom is -0.312 e. The summed E-state index contributed by atoms with van der Waals surface area (Å²) >= 11 is 0. The van der Waals surface area contributed by atoms with Crippen LogP contribution in [0.3, 0.4) is 0 Å². The van der Waals surface area contributed by atoms with Crippen molar-refractivity contribution >= 4 is 17.4 Å². The van der Waals surface area contributed by atoms with Gasteiger partial charge >= 0.3 is 0 Å². The van der Waals surface area contributed by atoms with Gasteiger partial charge in [-0.3, -0.25) is 9.59 Å². The van der Waals surface area contributed by atoms with Crippen molar-refractivity contribution in [2.75, 3.05) is 11.4 Å². The van der Waals surface area contributed by atoms with Crippen LogP contribution in [-0.2, 0) is 9.59 Å². The number of nitrogens with zero attached hydrogens (tertiary/aromatic N) is 1. The van der Waals surface area contributed by atoms with E-state index in [9.17, 15) is 9.59 Å². The fraction of sp³-hybridized carbons (Fsp3) is 0.579. The van der Waals surface area contributed by atoms with Crippen LogP contribution in [-0.4, -0.2) is 18.2 Å². The number of carbonyl (C=O) groups excluding carboxylic acids is 2. The van der Waals surface area contributed by atoms with Gasteiger partial charge in [0.15, 0.2) is 0 Å². The molecular formula is C19H25NO2. The molecule has 0 radical (unpaired) electrons. The Balaban J connectivity index is 2.03. The SMILES string of the molecule is CCN(C(=O)[C@@]12CC[C@](C)(C(=O)C1)C2(C)C)c1ccccc1. The predicted octanol–water partition coefficient (Wildman–Crippen LogP) is 3.83. The zero-order valence-corrected chi connectivity index (χ0v) is 14.0. The van der Waals surface area contributed by atoms with Gasteiger partial charge in [-0.2, -0.15) is 0 Å². The summed E-state index contributed by atoms with van der Waals surface area (Å²) in [4.78, 5) is 27.8. The number of amides is 1. The molecule has 1 aromatic rings. The maximum Gasteiger partial charge on any atom is 0.234 e. The Kier molecular flexibility index (Phi) is 3.24. The molecule has 0 aromatic heterocycles. The van der Waals surface area contributed by atoms with E-state index in [1.165, 1.54) is 0 Å². The number of hydrogen-bond acceptors (Lipinski definition) is 2. The first-order valence-electron chi connectivity index (χ1n) is 8.20. The Morgan fingerprint density at radius 2 is 1.77 bits per heavy atom. The lowest BCUT2D eigenvalue weighted by atomic mass is 9.64. The highest BCUT2D eigenvalue weighted by Crippen LogP contribution is 2.71. The second-order valence-corrected chi connectivity index (χ2v) is 7.52. The van der Waals surface area contributed by atoms with E-state index in [2.05, 4.69) is 20.8 Å². The van der Waals surface area contributed by atoms with Crippen LogP contribution in [0, 0.1) is 16.2 Å². The van der Waals surface area contributed by atoms with Gasteiger partial charge in [-0.05, 0) is 37.3 Å². The molecule has 1 amide bonds. The van der Waals surface area contributed by atoms with Gasteiger partial charge in [-0.25, -0.2) is 0 Å². The van der Waals surface area contributed by atoms with E-state index in [1.807, 2.05) is 42.2 Å². The van der Waals surface area contributed by atoms with Gasteiger partial charge in [0.25, 0.3) is 0 Å². The number of anilines is 1. The lowest BCUT2D eigenvalue weighted by molar-refractivity contribution is -0.134. The van der Waals surface area contributed by atoms with Gasteiger partial charge in [-0.1, -0.05) is 39.0 Å². The number of fused-ring (bicyclic) bond motifs is 2. The molecule has 3 rings (SSSR count). The molecule has 0 aliphatic heterocycles. The van der Waals surface area contributed by atoms with Crippen LogP contribution >= 0.6 is 0 Å². The van der Waals surface area contributed by atoms with Crippen LogP contribution in [0.5, 0.6) is 0 Å². The molecule has 2 aliphatic carbocycles. The maximum absolute atomic E-state index is 13.4. The third-order valence-corrected chi connectivity index (χ3v) is 6.74. The van der Waals surface area contributed by atoms with E-state index in [-0.39, 0.29) is 22.5 Å². The Hall–Kier alpha value is -1.64. The monoisotopic (exact) mass is 299 g/mol. The summed E-state index contributed by atoms with van der Waals surface area (Å²) in [5.41, 5.74) is -0.243. The second kappa shape index (κ2) is 4.68. The van der Waals surface area contributed by atoms with Crippen molar-refractivity contribution in [2.45, 2.75) is 47.0 Å². The van der Waals surface area contributed by atoms with Gasteiger partial charge < -0.3 is 4.90 Å². The minimum atomic E-state index is -0.537. The van der Waals surface area contributed by atoms with Gasteiger partial charge in [0.05, 0.1) is 5.41 Å². The van der Waals surface area contributed by atoms with E-state index in [1.54, 1.807) is 0 Å². The highest BCUT2D eigenvalue weighted by atomic mass is 16.2. The summed E-state index contributed by atoms with van der Waals surface area (Å²) in [5.74, 6) is 0.391. The minimum absolute atomic E-state index is 0.126. The first kappa shape index (κ1) is 15.3. The molecule has 2 saturated carbocycles. The smallest absolute Gasteiger partial charge is 0.234 e. The van der Waals surface area contributed by atoms with Gasteiger partial charge in [0.1, 0.15) is 5.78 Å². The standard InChI is InChI=1S/C19H25NO2/c1-5-20(14-9-7-6-8-10-14)16(22)19-12-11-18(4,15(21)13-19)17(19,2)3/h6-10H,5,11-13H2,1-4H3/t18-,19-/m1/s1. The summed E-state index contributed by atoms with van der Waals surface area (Å²) in [5, 5.41) is 0. The van der Waals surface area contributed by atoms with E-state index in [0.29, 0.717) is 13.0 Å². The van der Waals surface area contributed by atoms with Crippen LogP contribution in [0.25, 0.3) is 0 Å². The van der Waals surface area contributed by atoms with Crippen molar-refractivity contribution in [1.29, 1.82) is 0 Å². The molecule has 118 valence electrons. The Morgan fingerprint density at radius 3 is 2.23 bits per heavy atom. The molecule has 2 aliphatic rings. The lowest BCUT2D eigenvalue weighted by Gasteiger charge is -2.41. The molecule has 3 nitrogen and oxygen atoms in total. The van der Waals surface area contributed by atoms with Crippen molar-refractivity contribution in [1.82, 2.24) is 0 Å². The molecule has 0 unspecified atom stereocenters. The van der Waals surface area contributed by atoms with Gasteiger partial charge in [0.2, 0.25) is 5.91 Å². The predicted molar refractivity (Wildman–Crippen MR) is 87.6 cm³/mol. The second-order valence-electron chi connectivity index (χ2n) is 7.52. The largest absolute Gasteiger partial charge is 0.312 e. The summed E-state index contributed by atoms with van der Waals surface area (Å²) in [7, 11) is 0. The highest BCUT2D eigenvalue weighted by molar-refractivity contribution is 6.05. The number of ketones is 1. The molecule has 22 heavy (non-hydrogen) atoms. The van der Waals surface area contributed by atoms with Crippen LogP contribution in [0.15, 0.2) is 30.3 Å². The fourth-order valence-corrected chi connectivity index (χ4v) is 4.64. The zero-order chi connectivity index (χ0) is 16.2. The number of Topliss-reactive ketones (excluding diaryl/α,β-unsaturated/α-hetero) is 1. The molecule has 0 spiro atoms. The number of carbonyl (C=O) groups is 2. The molecular weight excluding hydrogens is 274 g/mol. The summed E-state index contributed by atoms with van der Waals surface area (Å²) in [6.45, 7) is 8.91. The number of rotatable bonds is 3. The van der Waals surface area contributed by atoms with E-state index in [0.717, 1.165) is 18.5 Å². The highest BCUT2D eigenvalue weighted by Gasteiger charge is 2.73. The lowest BCUT2D eigenvalue weighted by Crippen LogP contribution is -2.48. The number of hydrogen-bond donors (Lipinski definition) is 0. The van der Waals surface area contributed by atoms with Crippen LogP contribution in [0.4, 0.5) is 5.69 Å². The van der Waals surface area contributed by atoms with Crippen molar-refractivity contribution < 1.29 is 9.59 Å². The molecule has 0 heterocycles. The molecule has 3 heteroatoms. The summed E-state index contributed by atoms with van der Waals surface area (Å²) in [6.07, 6.45) is 2.06. The van der Waals surface area contributed by atoms with Gasteiger partial charge in [0, 0.05) is 24.1 Å². The van der Waals surface area contributed by atoms with E-state index >= 15 is 0 Å². The van der Waals surface area contributed by atoms with Crippen molar-refractivity contribution in [2.24, 2.45) is 16.2 Å². The van der Waals surface area contributed by atoms with E-state index < -0.39 is 5.41 Å². The fourth-order valence-electron chi connectivity index (χ4n) is 4.64. The Morgan fingerprint density at radius 1 is 1.14 bits per heavy atom. The molecule has 1 aromatic carbocycles. The number of benzene rings is 1. The average molecular weight is 299 g/mol. The van der Waals surface area contributed by atoms with Crippen molar-refractivity contribution in [3.05, 3.63) is 30.3 Å². The van der Waals surface area contributed by atoms with Crippen LogP contribution in [0.2, 0.25) is 0 Å². The first-order valence-corrected chi connectivity index (χ1v) is 8.20. The topological polar surface area (TPSA) is 37.4 Å². The average Bonchev–Trinajstić information content (AvgIpc) is 2.79.